The number of hydrogen-bond donors (Lipinski definition) is 1. The van der Waals surface area contributed by atoms with Crippen molar-refractivity contribution in [2.75, 3.05) is 23.3 Å². The van der Waals surface area contributed by atoms with Gasteiger partial charge in [-0.25, -0.2) is 0 Å². The minimum atomic E-state index is 0.335. The molecule has 0 amide bonds. The van der Waals surface area contributed by atoms with Crippen molar-refractivity contribution in [3.63, 3.8) is 0 Å². The van der Waals surface area contributed by atoms with Crippen LogP contribution in [0, 0.1) is 0 Å². The van der Waals surface area contributed by atoms with Gasteiger partial charge in [-0.1, -0.05) is 0 Å². The first-order chi connectivity index (χ1) is 10.2. The van der Waals surface area contributed by atoms with E-state index in [1.54, 1.807) is 11.3 Å². The second-order valence-electron chi connectivity index (χ2n) is 5.63. The summed E-state index contributed by atoms with van der Waals surface area (Å²) in [6, 6.07) is 11.4. The van der Waals surface area contributed by atoms with Gasteiger partial charge in [-0.05, 0) is 72.4 Å². The molecule has 1 aliphatic heterocycles. The van der Waals surface area contributed by atoms with Gasteiger partial charge in [0, 0.05) is 39.2 Å². The van der Waals surface area contributed by atoms with Crippen LogP contribution in [0.25, 0.3) is 0 Å². The standard InChI is InChI=1S/C17H21BrN2S/c1-13(17-11-14(18)12-21-17)19-15-5-7-16(8-6-15)20-9-3-2-4-10-20/h5-8,11-13,19H,2-4,9-10H2,1H3. The normalized spacial score (nSPS) is 16.8. The zero-order valence-corrected chi connectivity index (χ0v) is 14.7. The van der Waals surface area contributed by atoms with Crippen LogP contribution in [-0.2, 0) is 0 Å². The second-order valence-corrected chi connectivity index (χ2v) is 7.49. The van der Waals surface area contributed by atoms with Crippen LogP contribution in [0.15, 0.2) is 40.2 Å². The lowest BCUT2D eigenvalue weighted by Gasteiger charge is -2.29. The zero-order chi connectivity index (χ0) is 14.7. The van der Waals surface area contributed by atoms with E-state index in [9.17, 15) is 0 Å². The van der Waals surface area contributed by atoms with Gasteiger partial charge in [0.05, 0.1) is 6.04 Å². The molecular weight excluding hydrogens is 344 g/mol. The lowest BCUT2D eigenvalue weighted by molar-refractivity contribution is 0.578. The van der Waals surface area contributed by atoms with Crippen molar-refractivity contribution >= 4 is 38.6 Å². The van der Waals surface area contributed by atoms with Crippen molar-refractivity contribution in [2.45, 2.75) is 32.2 Å². The Hall–Kier alpha value is -1.000. The number of thiophene rings is 1. The molecule has 1 saturated heterocycles. The smallest absolute Gasteiger partial charge is 0.0578 e. The molecule has 2 nitrogen and oxygen atoms in total. The van der Waals surface area contributed by atoms with Crippen molar-refractivity contribution in [2.24, 2.45) is 0 Å². The highest BCUT2D eigenvalue weighted by Crippen LogP contribution is 2.29. The summed E-state index contributed by atoms with van der Waals surface area (Å²) in [6.07, 6.45) is 4.03. The third-order valence-corrected chi connectivity index (χ3v) is 5.86. The third kappa shape index (κ3) is 3.80. The average Bonchev–Trinajstić information content (AvgIpc) is 2.96. The Balaban J connectivity index is 1.63. The summed E-state index contributed by atoms with van der Waals surface area (Å²) < 4.78 is 1.16. The lowest BCUT2D eigenvalue weighted by atomic mass is 10.1. The predicted molar refractivity (Wildman–Crippen MR) is 96.6 cm³/mol. The van der Waals surface area contributed by atoms with Crippen molar-refractivity contribution in [3.05, 3.63) is 45.1 Å². The molecule has 112 valence electrons. The molecule has 1 aromatic heterocycles. The minimum absolute atomic E-state index is 0.335. The molecule has 1 N–H and O–H groups in total. The molecule has 1 atom stereocenters. The van der Waals surface area contributed by atoms with E-state index in [2.05, 4.69) is 68.8 Å². The second kappa shape index (κ2) is 6.84. The van der Waals surface area contributed by atoms with Gasteiger partial charge >= 0.3 is 0 Å². The molecule has 21 heavy (non-hydrogen) atoms. The Morgan fingerprint density at radius 1 is 1.14 bits per heavy atom. The Kier molecular flexibility index (Phi) is 4.86. The first kappa shape index (κ1) is 14.9. The molecule has 3 rings (SSSR count). The predicted octanol–water partition coefficient (Wildman–Crippen LogP) is 5.67. The van der Waals surface area contributed by atoms with Crippen LogP contribution in [-0.4, -0.2) is 13.1 Å². The maximum Gasteiger partial charge on any atom is 0.0578 e. The van der Waals surface area contributed by atoms with Crippen LogP contribution >= 0.6 is 27.3 Å². The number of hydrogen-bond acceptors (Lipinski definition) is 3. The first-order valence-corrected chi connectivity index (χ1v) is 9.25. The Morgan fingerprint density at radius 2 is 1.86 bits per heavy atom. The Labute approximate surface area is 139 Å². The molecule has 0 saturated carbocycles. The third-order valence-electron chi connectivity index (χ3n) is 3.99. The largest absolute Gasteiger partial charge is 0.378 e. The van der Waals surface area contributed by atoms with Crippen molar-refractivity contribution < 1.29 is 0 Å². The van der Waals surface area contributed by atoms with Crippen LogP contribution in [0.5, 0.6) is 0 Å². The molecule has 0 radical (unpaired) electrons. The number of nitrogens with one attached hydrogen (secondary N) is 1. The van der Waals surface area contributed by atoms with E-state index in [1.807, 2.05) is 0 Å². The highest BCUT2D eigenvalue weighted by Gasteiger charge is 2.11. The van der Waals surface area contributed by atoms with Gasteiger partial charge in [-0.2, -0.15) is 0 Å². The molecule has 0 spiro atoms. The molecule has 0 aliphatic carbocycles. The fourth-order valence-corrected chi connectivity index (χ4v) is 4.25. The summed E-state index contributed by atoms with van der Waals surface area (Å²) in [7, 11) is 0. The van der Waals surface area contributed by atoms with Gasteiger partial charge in [-0.3, -0.25) is 0 Å². The molecular formula is C17H21BrN2S. The van der Waals surface area contributed by atoms with Gasteiger partial charge in [-0.15, -0.1) is 11.3 Å². The van der Waals surface area contributed by atoms with Crippen molar-refractivity contribution in [1.29, 1.82) is 0 Å². The van der Waals surface area contributed by atoms with Gasteiger partial charge < -0.3 is 10.2 Å². The van der Waals surface area contributed by atoms with E-state index in [0.29, 0.717) is 6.04 Å². The average molecular weight is 365 g/mol. The number of piperidine rings is 1. The van der Waals surface area contributed by atoms with Crippen molar-refractivity contribution in [1.82, 2.24) is 0 Å². The summed E-state index contributed by atoms with van der Waals surface area (Å²) >= 11 is 5.30. The number of halogens is 1. The van der Waals surface area contributed by atoms with E-state index in [-0.39, 0.29) is 0 Å². The summed E-state index contributed by atoms with van der Waals surface area (Å²) in [5.74, 6) is 0. The van der Waals surface area contributed by atoms with Crippen LogP contribution in [0.4, 0.5) is 11.4 Å². The fourth-order valence-electron chi connectivity index (χ4n) is 2.80. The van der Waals surface area contributed by atoms with Crippen LogP contribution < -0.4 is 10.2 Å². The van der Waals surface area contributed by atoms with E-state index >= 15 is 0 Å². The maximum absolute atomic E-state index is 3.57. The molecule has 2 heterocycles. The van der Waals surface area contributed by atoms with Gasteiger partial charge in [0.1, 0.15) is 0 Å². The van der Waals surface area contributed by atoms with E-state index in [1.165, 1.54) is 48.6 Å². The highest BCUT2D eigenvalue weighted by molar-refractivity contribution is 9.10. The van der Waals surface area contributed by atoms with Gasteiger partial charge in [0.25, 0.3) is 0 Å². The first-order valence-electron chi connectivity index (χ1n) is 7.58. The molecule has 0 bridgehead atoms. The summed E-state index contributed by atoms with van der Waals surface area (Å²) in [4.78, 5) is 3.84. The maximum atomic E-state index is 3.57. The molecule has 1 unspecified atom stereocenters. The van der Waals surface area contributed by atoms with E-state index in [0.717, 1.165) is 4.47 Å². The molecule has 1 fully saturated rings. The number of nitrogens with zero attached hydrogens (tertiary/aromatic N) is 1. The monoisotopic (exact) mass is 364 g/mol. The zero-order valence-electron chi connectivity index (χ0n) is 12.3. The molecule has 2 aromatic rings. The van der Waals surface area contributed by atoms with Crippen LogP contribution in [0.1, 0.15) is 37.1 Å². The quantitative estimate of drug-likeness (QED) is 0.751. The van der Waals surface area contributed by atoms with Crippen molar-refractivity contribution in [3.8, 4) is 0 Å². The molecule has 4 heteroatoms. The Bertz CT molecular complexity index is 573. The number of rotatable bonds is 4. The SMILES string of the molecule is CC(Nc1ccc(N2CCCCC2)cc1)c1cc(Br)cs1. The molecule has 1 aliphatic rings. The minimum Gasteiger partial charge on any atom is -0.378 e. The van der Waals surface area contributed by atoms with Crippen LogP contribution in [0.3, 0.4) is 0 Å². The molecule has 1 aromatic carbocycles. The fraction of sp³-hybridized carbons (Fsp3) is 0.412. The van der Waals surface area contributed by atoms with E-state index in [4.69, 9.17) is 0 Å². The van der Waals surface area contributed by atoms with Gasteiger partial charge in [0.2, 0.25) is 0 Å². The summed E-state index contributed by atoms with van der Waals surface area (Å²) in [5.41, 5.74) is 2.54. The number of benzene rings is 1. The summed E-state index contributed by atoms with van der Waals surface area (Å²) in [5, 5.41) is 5.70. The highest BCUT2D eigenvalue weighted by atomic mass is 79.9. The van der Waals surface area contributed by atoms with Crippen LogP contribution in [0.2, 0.25) is 0 Å². The lowest BCUT2D eigenvalue weighted by Crippen LogP contribution is -2.29. The topological polar surface area (TPSA) is 15.3 Å². The van der Waals surface area contributed by atoms with Gasteiger partial charge in [0.15, 0.2) is 0 Å². The number of anilines is 2. The Morgan fingerprint density at radius 3 is 2.48 bits per heavy atom. The van der Waals surface area contributed by atoms with E-state index < -0.39 is 0 Å². The summed E-state index contributed by atoms with van der Waals surface area (Å²) in [6.45, 7) is 4.61.